The van der Waals surface area contributed by atoms with Crippen molar-refractivity contribution < 1.29 is 38.0 Å². The summed E-state index contributed by atoms with van der Waals surface area (Å²) < 4.78 is 35.6. The quantitative estimate of drug-likeness (QED) is 0.217. The Morgan fingerprint density at radius 3 is 1.38 bits per heavy atom. The van der Waals surface area contributed by atoms with E-state index in [9.17, 15) is 9.59 Å². The molecule has 0 spiro atoms. The minimum Gasteiger partial charge on any atom is -0.453 e. The SMILES string of the molecule is C/C=C/[C@H](OC(=O)[C@@H](OC)c1ccccc1)[C@@H]1CC[C@H]([C@H]2CC[C@@H]([C@H](/C=C/C)OC(=O)[C@@H](OC)c3ccccc3)O2)O1. The van der Waals surface area contributed by atoms with Crippen LogP contribution in [0.15, 0.2) is 85.0 Å². The first-order chi connectivity index (χ1) is 20.5. The second kappa shape index (κ2) is 15.8. The topological polar surface area (TPSA) is 89.5 Å². The predicted molar refractivity (Wildman–Crippen MR) is 158 cm³/mol. The van der Waals surface area contributed by atoms with Gasteiger partial charge in [-0.25, -0.2) is 9.59 Å². The summed E-state index contributed by atoms with van der Waals surface area (Å²) in [5.74, 6) is -0.922. The van der Waals surface area contributed by atoms with E-state index in [0.717, 1.165) is 36.8 Å². The molecule has 2 aliphatic rings. The van der Waals surface area contributed by atoms with Crippen LogP contribution in [-0.4, -0.2) is 62.8 Å². The van der Waals surface area contributed by atoms with Gasteiger partial charge in [0.05, 0.1) is 24.4 Å². The van der Waals surface area contributed by atoms with Crippen LogP contribution in [0.3, 0.4) is 0 Å². The number of hydrogen-bond donors (Lipinski definition) is 0. The molecule has 8 nitrogen and oxygen atoms in total. The number of rotatable bonds is 13. The maximum absolute atomic E-state index is 13.1. The van der Waals surface area contributed by atoms with Gasteiger partial charge in [0.25, 0.3) is 0 Å². The van der Waals surface area contributed by atoms with Gasteiger partial charge < -0.3 is 28.4 Å². The van der Waals surface area contributed by atoms with Crippen LogP contribution in [0, 0.1) is 0 Å². The van der Waals surface area contributed by atoms with Crippen LogP contribution in [0.4, 0.5) is 0 Å². The third-order valence-corrected chi connectivity index (χ3v) is 7.69. The van der Waals surface area contributed by atoms with Crippen molar-refractivity contribution in [2.75, 3.05) is 14.2 Å². The highest BCUT2D eigenvalue weighted by molar-refractivity contribution is 5.77. The van der Waals surface area contributed by atoms with Crippen LogP contribution in [-0.2, 0) is 38.0 Å². The van der Waals surface area contributed by atoms with Crippen LogP contribution in [0.25, 0.3) is 0 Å². The molecule has 2 saturated heterocycles. The largest absolute Gasteiger partial charge is 0.453 e. The smallest absolute Gasteiger partial charge is 0.340 e. The molecule has 0 radical (unpaired) electrons. The minimum atomic E-state index is -0.819. The Hall–Kier alpha value is -3.30. The average Bonchev–Trinajstić information content (AvgIpc) is 3.69. The van der Waals surface area contributed by atoms with Crippen molar-refractivity contribution in [3.63, 3.8) is 0 Å². The van der Waals surface area contributed by atoms with Crippen molar-refractivity contribution >= 4 is 11.9 Å². The number of allylic oxidation sites excluding steroid dienone is 2. The van der Waals surface area contributed by atoms with Crippen LogP contribution in [0.2, 0.25) is 0 Å². The molecular formula is C34H42O8. The van der Waals surface area contributed by atoms with Crippen LogP contribution in [0.5, 0.6) is 0 Å². The van der Waals surface area contributed by atoms with E-state index in [-0.39, 0.29) is 24.4 Å². The highest BCUT2D eigenvalue weighted by atomic mass is 16.6. The van der Waals surface area contributed by atoms with Gasteiger partial charge in [-0.3, -0.25) is 0 Å². The summed E-state index contributed by atoms with van der Waals surface area (Å²) in [5.41, 5.74) is 1.47. The number of methoxy groups -OCH3 is 2. The predicted octanol–water partition coefficient (Wildman–Crippen LogP) is 5.83. The van der Waals surface area contributed by atoms with E-state index in [4.69, 9.17) is 28.4 Å². The highest BCUT2D eigenvalue weighted by Gasteiger charge is 2.43. The van der Waals surface area contributed by atoms with Crippen molar-refractivity contribution in [1.29, 1.82) is 0 Å². The Labute approximate surface area is 248 Å². The van der Waals surface area contributed by atoms with Gasteiger partial charge >= 0.3 is 11.9 Å². The second-order valence-electron chi connectivity index (χ2n) is 10.5. The summed E-state index contributed by atoms with van der Waals surface area (Å²) in [6.07, 6.45) is 6.76. The van der Waals surface area contributed by atoms with Crippen molar-refractivity contribution in [3.05, 3.63) is 96.1 Å². The zero-order chi connectivity index (χ0) is 29.9. The van der Waals surface area contributed by atoms with E-state index in [0.29, 0.717) is 0 Å². The molecule has 0 saturated carbocycles. The molecule has 0 N–H and O–H groups in total. The van der Waals surface area contributed by atoms with Crippen molar-refractivity contribution in [3.8, 4) is 0 Å². The Balaban J connectivity index is 1.35. The molecule has 42 heavy (non-hydrogen) atoms. The average molecular weight is 579 g/mol. The number of esters is 2. The van der Waals surface area contributed by atoms with E-state index in [1.807, 2.05) is 98.8 Å². The van der Waals surface area contributed by atoms with Gasteiger partial charge in [-0.15, -0.1) is 0 Å². The number of ether oxygens (including phenoxy) is 6. The third kappa shape index (κ3) is 7.95. The van der Waals surface area contributed by atoms with Gasteiger partial charge in [0.15, 0.2) is 12.2 Å². The first kappa shape index (κ1) is 31.6. The number of benzene rings is 2. The minimum absolute atomic E-state index is 0.156. The van der Waals surface area contributed by atoms with E-state index >= 15 is 0 Å². The maximum Gasteiger partial charge on any atom is 0.340 e. The number of carbonyl (C=O) groups excluding carboxylic acids is 2. The summed E-state index contributed by atoms with van der Waals surface area (Å²) in [4.78, 5) is 26.1. The summed E-state index contributed by atoms with van der Waals surface area (Å²) >= 11 is 0. The molecule has 0 aromatic heterocycles. The third-order valence-electron chi connectivity index (χ3n) is 7.69. The Morgan fingerprint density at radius 1 is 0.667 bits per heavy atom. The molecular weight excluding hydrogens is 536 g/mol. The molecule has 0 bridgehead atoms. The summed E-state index contributed by atoms with van der Waals surface area (Å²) in [5, 5.41) is 0. The van der Waals surface area contributed by atoms with Gasteiger partial charge in [-0.1, -0.05) is 72.8 Å². The first-order valence-electron chi connectivity index (χ1n) is 14.6. The fraction of sp³-hybridized carbons (Fsp3) is 0.471. The maximum atomic E-state index is 13.1. The Morgan fingerprint density at radius 2 is 1.05 bits per heavy atom. The van der Waals surface area contributed by atoms with Gasteiger partial charge in [0.1, 0.15) is 12.2 Å². The molecule has 2 aromatic carbocycles. The normalized spacial score (nSPS) is 25.3. The lowest BCUT2D eigenvalue weighted by atomic mass is 10.0. The van der Waals surface area contributed by atoms with Crippen LogP contribution < -0.4 is 0 Å². The first-order valence-corrected chi connectivity index (χ1v) is 14.6. The van der Waals surface area contributed by atoms with Gasteiger partial charge in [0.2, 0.25) is 0 Å². The fourth-order valence-corrected chi connectivity index (χ4v) is 5.65. The molecule has 8 heteroatoms. The molecule has 4 rings (SSSR count). The van der Waals surface area contributed by atoms with Crippen LogP contribution >= 0.6 is 0 Å². The molecule has 8 atom stereocenters. The monoisotopic (exact) mass is 578 g/mol. The summed E-state index contributed by atoms with van der Waals surface area (Å²) in [6.45, 7) is 3.77. The molecule has 2 aliphatic heterocycles. The van der Waals surface area contributed by atoms with Crippen molar-refractivity contribution in [2.45, 2.75) is 88.4 Å². The molecule has 2 heterocycles. The molecule has 0 unspecified atom stereocenters. The van der Waals surface area contributed by atoms with Crippen molar-refractivity contribution in [2.24, 2.45) is 0 Å². The van der Waals surface area contributed by atoms with Gasteiger partial charge in [0, 0.05) is 14.2 Å². The van der Waals surface area contributed by atoms with Gasteiger partial charge in [-0.05, 0) is 62.8 Å². The molecule has 0 amide bonds. The zero-order valence-corrected chi connectivity index (χ0v) is 24.8. The van der Waals surface area contributed by atoms with E-state index in [2.05, 4.69) is 0 Å². The summed E-state index contributed by atoms with van der Waals surface area (Å²) in [6, 6.07) is 18.6. The van der Waals surface area contributed by atoms with Crippen LogP contribution in [0.1, 0.15) is 62.9 Å². The molecule has 2 fully saturated rings. The number of carbonyl (C=O) groups is 2. The van der Waals surface area contributed by atoms with E-state index < -0.39 is 36.4 Å². The second-order valence-corrected chi connectivity index (χ2v) is 10.5. The fourth-order valence-electron chi connectivity index (χ4n) is 5.65. The Kier molecular flexibility index (Phi) is 11.9. The van der Waals surface area contributed by atoms with E-state index in [1.54, 1.807) is 0 Å². The molecule has 0 aliphatic carbocycles. The van der Waals surface area contributed by atoms with Gasteiger partial charge in [-0.2, -0.15) is 0 Å². The lowest BCUT2D eigenvalue weighted by Crippen LogP contribution is -2.36. The highest BCUT2D eigenvalue weighted by Crippen LogP contribution is 2.35. The number of hydrogen-bond acceptors (Lipinski definition) is 8. The Bertz CT molecular complexity index is 1090. The summed E-state index contributed by atoms with van der Waals surface area (Å²) in [7, 11) is 2.99. The standard InChI is InChI=1S/C34H42O8/c1-5-13-25(41-33(35)31(37-3)23-15-9-7-10-16-23)27-19-21-29(39-27)30-22-20-28(40-30)26(14-6-2)42-34(36)32(38-4)24-17-11-8-12-18-24/h5-18,25-32H,19-22H2,1-4H3/b13-5+,14-6+/t25-,26-,27-,28-,29+,30+,31-,32-/m0/s1. The molecule has 226 valence electrons. The molecule has 2 aromatic rings. The van der Waals surface area contributed by atoms with Crippen molar-refractivity contribution in [1.82, 2.24) is 0 Å². The lowest BCUT2D eigenvalue weighted by Gasteiger charge is -2.27. The zero-order valence-electron chi connectivity index (χ0n) is 24.8. The van der Waals surface area contributed by atoms with E-state index in [1.165, 1.54) is 14.2 Å². The lowest BCUT2D eigenvalue weighted by molar-refractivity contribution is -0.171.